The zero-order valence-corrected chi connectivity index (χ0v) is 18.3. The molecule has 0 aliphatic carbocycles. The Morgan fingerprint density at radius 2 is 2.12 bits per heavy atom. The SMILES string of the molecule is Cc1cc(C(C)N2Cc3c(ccnc3C(=O)NCCCO)C2=O)ccc1OCC(C)(F)F. The van der Waals surface area contributed by atoms with E-state index in [1.807, 2.05) is 13.0 Å². The number of hydrogen-bond acceptors (Lipinski definition) is 5. The summed E-state index contributed by atoms with van der Waals surface area (Å²) in [6.45, 7) is 4.22. The molecule has 0 radical (unpaired) electrons. The fourth-order valence-electron chi connectivity index (χ4n) is 3.60. The van der Waals surface area contributed by atoms with Gasteiger partial charge in [0, 0.05) is 43.9 Å². The maximum atomic E-state index is 13.1. The first-order valence-corrected chi connectivity index (χ1v) is 10.4. The molecule has 2 N–H and O–H groups in total. The van der Waals surface area contributed by atoms with E-state index in [0.29, 0.717) is 35.4 Å². The van der Waals surface area contributed by atoms with Crippen LogP contribution in [-0.2, 0) is 6.54 Å². The van der Waals surface area contributed by atoms with E-state index in [1.54, 1.807) is 30.0 Å². The first kappa shape index (κ1) is 23.6. The van der Waals surface area contributed by atoms with Crippen LogP contribution >= 0.6 is 0 Å². The number of ether oxygens (including phenoxy) is 1. The number of aliphatic hydroxyl groups excluding tert-OH is 1. The first-order chi connectivity index (χ1) is 15.1. The van der Waals surface area contributed by atoms with Crippen LogP contribution in [0.4, 0.5) is 8.78 Å². The Hall–Kier alpha value is -3.07. The fourth-order valence-corrected chi connectivity index (χ4v) is 3.60. The van der Waals surface area contributed by atoms with Crippen molar-refractivity contribution in [2.24, 2.45) is 0 Å². The standard InChI is InChI=1S/C23H27F2N3O4/c1-14-11-16(5-6-19(14)32-13-23(3,24)25)15(2)28-12-18-17(22(28)31)7-9-26-20(18)21(30)27-8-4-10-29/h5-7,9,11,15,29H,4,8,10,12-13H2,1-3H3,(H,27,30). The molecular weight excluding hydrogens is 420 g/mol. The molecule has 1 aliphatic heterocycles. The van der Waals surface area contributed by atoms with Crippen molar-refractivity contribution < 1.29 is 28.2 Å². The lowest BCUT2D eigenvalue weighted by Crippen LogP contribution is -2.28. The van der Waals surface area contributed by atoms with E-state index in [4.69, 9.17) is 9.84 Å². The van der Waals surface area contributed by atoms with Gasteiger partial charge in [0.15, 0.2) is 6.61 Å². The van der Waals surface area contributed by atoms with Gasteiger partial charge in [0.1, 0.15) is 11.4 Å². The number of rotatable bonds is 9. The Morgan fingerprint density at radius 3 is 2.78 bits per heavy atom. The van der Waals surface area contributed by atoms with Crippen molar-refractivity contribution in [2.45, 2.75) is 45.7 Å². The molecule has 32 heavy (non-hydrogen) atoms. The van der Waals surface area contributed by atoms with Crippen molar-refractivity contribution >= 4 is 11.8 Å². The number of aliphatic hydroxyl groups is 1. The monoisotopic (exact) mass is 447 g/mol. The summed E-state index contributed by atoms with van der Waals surface area (Å²) >= 11 is 0. The van der Waals surface area contributed by atoms with E-state index in [0.717, 1.165) is 12.5 Å². The van der Waals surface area contributed by atoms with Crippen LogP contribution in [0.1, 0.15) is 63.8 Å². The van der Waals surface area contributed by atoms with Crippen LogP contribution in [0.15, 0.2) is 30.5 Å². The highest BCUT2D eigenvalue weighted by atomic mass is 19.3. The number of nitrogens with zero attached hydrogens (tertiary/aromatic N) is 2. The van der Waals surface area contributed by atoms with Gasteiger partial charge in [-0.1, -0.05) is 12.1 Å². The number of benzene rings is 1. The summed E-state index contributed by atoms with van der Waals surface area (Å²) < 4.78 is 31.4. The van der Waals surface area contributed by atoms with Crippen molar-refractivity contribution in [1.82, 2.24) is 15.2 Å². The molecule has 172 valence electrons. The van der Waals surface area contributed by atoms with Crippen LogP contribution < -0.4 is 10.1 Å². The number of hydrogen-bond donors (Lipinski definition) is 2. The minimum atomic E-state index is -2.93. The molecule has 2 heterocycles. The summed E-state index contributed by atoms with van der Waals surface area (Å²) in [4.78, 5) is 31.3. The Morgan fingerprint density at radius 1 is 1.38 bits per heavy atom. The summed E-state index contributed by atoms with van der Waals surface area (Å²) in [5.74, 6) is -3.16. The summed E-state index contributed by atoms with van der Waals surface area (Å²) in [6, 6.07) is 6.47. The summed E-state index contributed by atoms with van der Waals surface area (Å²) in [6.07, 6.45) is 1.86. The molecule has 7 nitrogen and oxygen atoms in total. The second kappa shape index (κ2) is 9.60. The third-order valence-electron chi connectivity index (χ3n) is 5.34. The lowest BCUT2D eigenvalue weighted by Gasteiger charge is -2.25. The summed E-state index contributed by atoms with van der Waals surface area (Å²) in [7, 11) is 0. The van der Waals surface area contributed by atoms with E-state index in [-0.39, 0.29) is 36.7 Å². The van der Waals surface area contributed by atoms with Crippen LogP contribution in [0.2, 0.25) is 0 Å². The summed E-state index contributed by atoms with van der Waals surface area (Å²) in [5.41, 5.74) is 2.70. The van der Waals surface area contributed by atoms with E-state index in [2.05, 4.69) is 10.3 Å². The molecule has 0 bridgehead atoms. The molecule has 0 fully saturated rings. The molecule has 1 atom stereocenters. The predicted octanol–water partition coefficient (Wildman–Crippen LogP) is 3.25. The van der Waals surface area contributed by atoms with Crippen molar-refractivity contribution in [3.05, 3.63) is 58.4 Å². The van der Waals surface area contributed by atoms with Crippen molar-refractivity contribution in [3.8, 4) is 5.75 Å². The number of carbonyl (C=O) groups is 2. The molecule has 2 aromatic rings. The average molecular weight is 447 g/mol. The highest BCUT2D eigenvalue weighted by Crippen LogP contribution is 2.34. The molecule has 0 spiro atoms. The van der Waals surface area contributed by atoms with Gasteiger partial charge < -0.3 is 20.1 Å². The molecule has 3 rings (SSSR count). The van der Waals surface area contributed by atoms with E-state index in [9.17, 15) is 18.4 Å². The fraction of sp³-hybridized carbons (Fsp3) is 0.435. The predicted molar refractivity (Wildman–Crippen MR) is 114 cm³/mol. The van der Waals surface area contributed by atoms with Gasteiger partial charge in [0.05, 0.1) is 6.04 Å². The maximum Gasteiger partial charge on any atom is 0.278 e. The number of fused-ring (bicyclic) bond motifs is 1. The van der Waals surface area contributed by atoms with Gasteiger partial charge >= 0.3 is 0 Å². The number of aromatic nitrogens is 1. The zero-order valence-electron chi connectivity index (χ0n) is 18.3. The molecule has 0 saturated heterocycles. The third-order valence-corrected chi connectivity index (χ3v) is 5.34. The van der Waals surface area contributed by atoms with Gasteiger partial charge in [-0.25, -0.2) is 8.78 Å². The molecule has 1 aromatic carbocycles. The Balaban J connectivity index is 1.77. The molecule has 0 saturated carbocycles. The highest BCUT2D eigenvalue weighted by molar-refractivity contribution is 6.03. The van der Waals surface area contributed by atoms with Crippen molar-refractivity contribution in [3.63, 3.8) is 0 Å². The number of aryl methyl sites for hydroxylation is 1. The van der Waals surface area contributed by atoms with E-state index >= 15 is 0 Å². The van der Waals surface area contributed by atoms with Crippen molar-refractivity contribution in [1.29, 1.82) is 0 Å². The Labute approximate surface area is 185 Å². The van der Waals surface area contributed by atoms with Crippen LogP contribution in [0.3, 0.4) is 0 Å². The quantitative estimate of drug-likeness (QED) is 0.576. The van der Waals surface area contributed by atoms with Crippen molar-refractivity contribution in [2.75, 3.05) is 19.8 Å². The second-order valence-electron chi connectivity index (χ2n) is 8.01. The molecule has 2 amide bonds. The van der Waals surface area contributed by atoms with Gasteiger partial charge in [0.2, 0.25) is 0 Å². The molecule has 1 aromatic heterocycles. The van der Waals surface area contributed by atoms with Gasteiger partial charge in [0.25, 0.3) is 17.7 Å². The topological polar surface area (TPSA) is 91.8 Å². The van der Waals surface area contributed by atoms with Gasteiger partial charge in [-0.2, -0.15) is 0 Å². The lowest BCUT2D eigenvalue weighted by atomic mass is 10.0. The van der Waals surface area contributed by atoms with Gasteiger partial charge in [-0.15, -0.1) is 0 Å². The lowest BCUT2D eigenvalue weighted by molar-refractivity contribution is -0.0231. The highest BCUT2D eigenvalue weighted by Gasteiger charge is 2.35. The molecular formula is C23H27F2N3O4. The Kier molecular flexibility index (Phi) is 7.08. The Bertz CT molecular complexity index is 1010. The van der Waals surface area contributed by atoms with Crippen LogP contribution in [0.5, 0.6) is 5.75 Å². The number of pyridine rings is 1. The summed E-state index contributed by atoms with van der Waals surface area (Å²) in [5, 5.41) is 11.6. The van der Waals surface area contributed by atoms with Gasteiger partial charge in [-0.3, -0.25) is 14.6 Å². The van der Waals surface area contributed by atoms with Crippen LogP contribution in [-0.4, -0.2) is 52.5 Å². The number of halogens is 2. The minimum absolute atomic E-state index is 0.0332. The minimum Gasteiger partial charge on any atom is -0.487 e. The smallest absolute Gasteiger partial charge is 0.278 e. The zero-order chi connectivity index (χ0) is 23.5. The van der Waals surface area contributed by atoms with Crippen LogP contribution in [0, 0.1) is 6.92 Å². The number of alkyl halides is 2. The second-order valence-corrected chi connectivity index (χ2v) is 8.01. The number of nitrogens with one attached hydrogen (secondary N) is 1. The van der Waals surface area contributed by atoms with E-state index < -0.39 is 12.5 Å². The van der Waals surface area contributed by atoms with E-state index in [1.165, 1.54) is 6.20 Å². The number of amides is 2. The maximum absolute atomic E-state index is 13.1. The third kappa shape index (κ3) is 5.21. The van der Waals surface area contributed by atoms with Gasteiger partial charge in [-0.05, 0) is 43.5 Å². The van der Waals surface area contributed by atoms with Crippen LogP contribution in [0.25, 0.3) is 0 Å². The molecule has 1 aliphatic rings. The number of carbonyl (C=O) groups excluding carboxylic acids is 2. The molecule has 9 heteroatoms. The first-order valence-electron chi connectivity index (χ1n) is 10.4. The molecule has 1 unspecified atom stereocenters. The largest absolute Gasteiger partial charge is 0.487 e. The normalized spacial score (nSPS) is 14.3. The average Bonchev–Trinajstić information content (AvgIpc) is 3.08.